The molecule has 0 aromatic carbocycles. The molecule has 28 heavy (non-hydrogen) atoms. The van der Waals surface area contributed by atoms with Gasteiger partial charge in [0.05, 0.1) is 23.8 Å². The Labute approximate surface area is 164 Å². The van der Waals surface area contributed by atoms with E-state index in [-0.39, 0.29) is 5.91 Å². The number of amides is 1. The molecule has 0 unspecified atom stereocenters. The number of fused-ring (bicyclic) bond motifs is 1. The van der Waals surface area contributed by atoms with Crippen molar-refractivity contribution in [1.82, 2.24) is 19.7 Å². The van der Waals surface area contributed by atoms with Gasteiger partial charge in [0.25, 0.3) is 5.91 Å². The standard InChI is InChI=1S/C21H25N5O2/c1-14-11-16(17-12-23-26(2)20(17)24-14)21(27)25-19-18(9-6-10-22-19)28-13-15-7-4-3-5-8-15/h6,9-12,15H,3-5,7-8,13H2,1-2H3,(H,22,25,27). The van der Waals surface area contributed by atoms with Crippen molar-refractivity contribution in [2.45, 2.75) is 39.0 Å². The fraction of sp³-hybridized carbons (Fsp3) is 0.429. The molecule has 3 aromatic rings. The molecule has 1 aliphatic rings. The number of aryl methyl sites for hydroxylation is 2. The summed E-state index contributed by atoms with van der Waals surface area (Å²) in [5.41, 5.74) is 1.97. The lowest BCUT2D eigenvalue weighted by Crippen LogP contribution is -2.18. The van der Waals surface area contributed by atoms with E-state index in [0.29, 0.717) is 40.7 Å². The summed E-state index contributed by atoms with van der Waals surface area (Å²) in [6.07, 6.45) is 9.59. The molecule has 1 aliphatic carbocycles. The molecule has 0 spiro atoms. The van der Waals surface area contributed by atoms with E-state index in [1.165, 1.54) is 32.1 Å². The van der Waals surface area contributed by atoms with Crippen molar-refractivity contribution in [3.05, 3.63) is 41.9 Å². The van der Waals surface area contributed by atoms with Crippen LogP contribution in [-0.2, 0) is 7.05 Å². The van der Waals surface area contributed by atoms with Gasteiger partial charge < -0.3 is 10.1 Å². The predicted octanol–water partition coefficient (Wildman–Crippen LogP) is 3.88. The smallest absolute Gasteiger partial charge is 0.257 e. The number of carbonyl (C=O) groups excluding carboxylic acids is 1. The summed E-state index contributed by atoms with van der Waals surface area (Å²) in [6, 6.07) is 5.44. The average Bonchev–Trinajstić information content (AvgIpc) is 3.08. The monoisotopic (exact) mass is 379 g/mol. The maximum absolute atomic E-state index is 13.0. The molecule has 3 aromatic heterocycles. The van der Waals surface area contributed by atoms with Crippen molar-refractivity contribution >= 4 is 22.8 Å². The molecule has 146 valence electrons. The average molecular weight is 379 g/mol. The Hall–Kier alpha value is -2.96. The second-order valence-electron chi connectivity index (χ2n) is 7.44. The van der Waals surface area contributed by atoms with Gasteiger partial charge in [-0.1, -0.05) is 19.3 Å². The van der Waals surface area contributed by atoms with Crippen LogP contribution in [0, 0.1) is 12.8 Å². The number of pyridine rings is 2. The summed E-state index contributed by atoms with van der Waals surface area (Å²) in [5.74, 6) is 1.38. The number of hydrogen-bond donors (Lipinski definition) is 1. The number of rotatable bonds is 5. The third-order valence-electron chi connectivity index (χ3n) is 5.28. The molecular formula is C21H25N5O2. The summed E-state index contributed by atoms with van der Waals surface area (Å²) in [6.45, 7) is 2.53. The van der Waals surface area contributed by atoms with Crippen LogP contribution in [0.3, 0.4) is 0 Å². The zero-order valence-electron chi connectivity index (χ0n) is 16.3. The second kappa shape index (κ2) is 7.96. The second-order valence-corrected chi connectivity index (χ2v) is 7.44. The molecule has 0 bridgehead atoms. The van der Waals surface area contributed by atoms with E-state index >= 15 is 0 Å². The number of nitrogens with one attached hydrogen (secondary N) is 1. The van der Waals surface area contributed by atoms with E-state index in [1.807, 2.05) is 26.1 Å². The van der Waals surface area contributed by atoms with Gasteiger partial charge >= 0.3 is 0 Å². The summed E-state index contributed by atoms with van der Waals surface area (Å²) in [7, 11) is 1.81. The molecule has 1 amide bonds. The van der Waals surface area contributed by atoms with E-state index in [2.05, 4.69) is 20.4 Å². The Morgan fingerprint density at radius 2 is 2.14 bits per heavy atom. The van der Waals surface area contributed by atoms with E-state index in [9.17, 15) is 4.79 Å². The maximum Gasteiger partial charge on any atom is 0.257 e. The van der Waals surface area contributed by atoms with Crippen molar-refractivity contribution in [3.63, 3.8) is 0 Å². The van der Waals surface area contributed by atoms with Crippen LogP contribution in [0.2, 0.25) is 0 Å². The molecule has 3 heterocycles. The lowest BCUT2D eigenvalue weighted by Gasteiger charge is -2.22. The third kappa shape index (κ3) is 3.83. The van der Waals surface area contributed by atoms with Gasteiger partial charge in [-0.25, -0.2) is 9.97 Å². The predicted molar refractivity (Wildman–Crippen MR) is 108 cm³/mol. The Kier molecular flexibility index (Phi) is 5.23. The van der Waals surface area contributed by atoms with Gasteiger partial charge in [0.1, 0.15) is 0 Å². The van der Waals surface area contributed by atoms with Crippen LogP contribution in [0.15, 0.2) is 30.6 Å². The lowest BCUT2D eigenvalue weighted by atomic mass is 9.90. The fourth-order valence-corrected chi connectivity index (χ4v) is 3.76. The van der Waals surface area contributed by atoms with Crippen LogP contribution in [0.5, 0.6) is 5.75 Å². The Bertz CT molecular complexity index is 992. The van der Waals surface area contributed by atoms with Gasteiger partial charge in [-0.3, -0.25) is 9.48 Å². The largest absolute Gasteiger partial charge is 0.489 e. The third-order valence-corrected chi connectivity index (χ3v) is 5.28. The maximum atomic E-state index is 13.0. The first-order chi connectivity index (χ1) is 13.6. The molecule has 0 radical (unpaired) electrons. The molecular weight excluding hydrogens is 354 g/mol. The van der Waals surface area contributed by atoms with E-state index in [4.69, 9.17) is 4.74 Å². The molecule has 0 atom stereocenters. The number of carbonyl (C=O) groups is 1. The van der Waals surface area contributed by atoms with Crippen LogP contribution in [0.1, 0.15) is 48.2 Å². The molecule has 1 N–H and O–H groups in total. The van der Waals surface area contributed by atoms with Gasteiger partial charge in [-0.05, 0) is 43.9 Å². The summed E-state index contributed by atoms with van der Waals surface area (Å²) in [4.78, 5) is 21.8. The van der Waals surface area contributed by atoms with Crippen molar-refractivity contribution in [3.8, 4) is 5.75 Å². The first-order valence-electron chi connectivity index (χ1n) is 9.80. The molecule has 0 aliphatic heterocycles. The fourth-order valence-electron chi connectivity index (χ4n) is 3.76. The zero-order chi connectivity index (χ0) is 19.5. The zero-order valence-corrected chi connectivity index (χ0v) is 16.3. The van der Waals surface area contributed by atoms with Gasteiger partial charge in [-0.2, -0.15) is 5.10 Å². The first kappa shape index (κ1) is 18.4. The quantitative estimate of drug-likeness (QED) is 0.727. The highest BCUT2D eigenvalue weighted by atomic mass is 16.5. The first-order valence-corrected chi connectivity index (χ1v) is 9.80. The van der Waals surface area contributed by atoms with E-state index in [0.717, 1.165) is 5.69 Å². The van der Waals surface area contributed by atoms with Crippen LogP contribution >= 0.6 is 0 Å². The van der Waals surface area contributed by atoms with Crippen LogP contribution in [-0.4, -0.2) is 32.3 Å². The van der Waals surface area contributed by atoms with Gasteiger partial charge in [0.15, 0.2) is 17.2 Å². The summed E-state index contributed by atoms with van der Waals surface area (Å²) < 4.78 is 7.69. The van der Waals surface area contributed by atoms with Crippen molar-refractivity contribution < 1.29 is 9.53 Å². The molecule has 1 saturated carbocycles. The number of aromatic nitrogens is 4. The van der Waals surface area contributed by atoms with Gasteiger partial charge in [0.2, 0.25) is 0 Å². The normalized spacial score (nSPS) is 14.9. The minimum absolute atomic E-state index is 0.246. The lowest BCUT2D eigenvalue weighted by molar-refractivity contribution is 0.102. The van der Waals surface area contributed by atoms with Crippen LogP contribution in [0.4, 0.5) is 5.82 Å². The van der Waals surface area contributed by atoms with Gasteiger partial charge in [0, 0.05) is 18.9 Å². The molecule has 1 fully saturated rings. The highest BCUT2D eigenvalue weighted by Gasteiger charge is 2.18. The Morgan fingerprint density at radius 3 is 2.96 bits per heavy atom. The minimum atomic E-state index is -0.246. The summed E-state index contributed by atoms with van der Waals surface area (Å²) in [5, 5.41) is 7.84. The number of anilines is 1. The van der Waals surface area contributed by atoms with Crippen molar-refractivity contribution in [2.24, 2.45) is 13.0 Å². The van der Waals surface area contributed by atoms with Crippen molar-refractivity contribution in [1.29, 1.82) is 0 Å². The molecule has 7 heteroatoms. The number of nitrogens with zero attached hydrogens (tertiary/aromatic N) is 4. The minimum Gasteiger partial charge on any atom is -0.489 e. The summed E-state index contributed by atoms with van der Waals surface area (Å²) >= 11 is 0. The van der Waals surface area contributed by atoms with E-state index < -0.39 is 0 Å². The van der Waals surface area contributed by atoms with Gasteiger partial charge in [-0.15, -0.1) is 0 Å². The topological polar surface area (TPSA) is 81.9 Å². The number of ether oxygens (including phenoxy) is 1. The molecule has 7 nitrogen and oxygen atoms in total. The molecule has 4 rings (SSSR count). The highest BCUT2D eigenvalue weighted by molar-refractivity contribution is 6.12. The Morgan fingerprint density at radius 1 is 1.32 bits per heavy atom. The Balaban J connectivity index is 1.54. The van der Waals surface area contributed by atoms with Crippen LogP contribution < -0.4 is 10.1 Å². The highest BCUT2D eigenvalue weighted by Crippen LogP contribution is 2.27. The van der Waals surface area contributed by atoms with Crippen molar-refractivity contribution in [2.75, 3.05) is 11.9 Å². The SMILES string of the molecule is Cc1cc(C(=O)Nc2ncccc2OCC2CCCCC2)c2cnn(C)c2n1. The van der Waals surface area contributed by atoms with E-state index in [1.54, 1.807) is 23.1 Å². The molecule has 0 saturated heterocycles. The van der Waals surface area contributed by atoms with Crippen LogP contribution in [0.25, 0.3) is 11.0 Å². The number of hydrogen-bond acceptors (Lipinski definition) is 5.